The Balaban J connectivity index is 1.62. The van der Waals surface area contributed by atoms with Gasteiger partial charge in [0.25, 0.3) is 0 Å². The second kappa shape index (κ2) is 7.49. The summed E-state index contributed by atoms with van der Waals surface area (Å²) in [5, 5.41) is 3.56. The van der Waals surface area contributed by atoms with E-state index in [1.54, 1.807) is 19.1 Å². The molecule has 2 fully saturated rings. The summed E-state index contributed by atoms with van der Waals surface area (Å²) in [5.41, 5.74) is 1.82. The van der Waals surface area contributed by atoms with Crippen molar-refractivity contribution in [3.05, 3.63) is 29.6 Å². The van der Waals surface area contributed by atoms with Gasteiger partial charge in [-0.2, -0.15) is 0 Å². The first kappa shape index (κ1) is 18.3. The van der Waals surface area contributed by atoms with Gasteiger partial charge in [0.1, 0.15) is 5.82 Å². The molecule has 1 aromatic rings. The number of hydrogen-bond acceptors (Lipinski definition) is 4. The fourth-order valence-electron chi connectivity index (χ4n) is 4.75. The van der Waals surface area contributed by atoms with Crippen LogP contribution < -0.4 is 5.32 Å². The van der Waals surface area contributed by atoms with Crippen molar-refractivity contribution in [2.75, 3.05) is 11.9 Å². The van der Waals surface area contributed by atoms with Gasteiger partial charge in [0, 0.05) is 35.7 Å². The van der Waals surface area contributed by atoms with Gasteiger partial charge >= 0.3 is 5.97 Å². The van der Waals surface area contributed by atoms with Crippen LogP contribution in [0.15, 0.2) is 18.2 Å². The Morgan fingerprint density at radius 3 is 2.78 bits per heavy atom. The molecule has 5 nitrogen and oxygen atoms in total. The lowest BCUT2D eigenvalue weighted by atomic mass is 9.82. The molecular weight excluding hydrogens is 347 g/mol. The zero-order valence-corrected chi connectivity index (χ0v) is 15.7. The molecule has 0 aromatic heterocycles. The summed E-state index contributed by atoms with van der Waals surface area (Å²) in [7, 11) is 0. The third-order valence-corrected chi connectivity index (χ3v) is 6.02. The molecule has 0 unspecified atom stereocenters. The molecule has 0 saturated heterocycles. The number of anilines is 1. The van der Waals surface area contributed by atoms with E-state index < -0.39 is 0 Å². The molecule has 146 valence electrons. The van der Waals surface area contributed by atoms with Crippen LogP contribution in [-0.2, 0) is 14.3 Å². The van der Waals surface area contributed by atoms with Gasteiger partial charge in [-0.1, -0.05) is 6.42 Å². The van der Waals surface area contributed by atoms with Gasteiger partial charge in [0.05, 0.1) is 19.1 Å². The number of carbonyl (C=O) groups excluding carboxylic acids is 2. The van der Waals surface area contributed by atoms with Gasteiger partial charge in [-0.3, -0.25) is 9.59 Å². The molecule has 3 aliphatic rings. The highest BCUT2D eigenvalue weighted by Crippen LogP contribution is 2.50. The number of rotatable bonds is 6. The normalized spacial score (nSPS) is 25.9. The van der Waals surface area contributed by atoms with Crippen LogP contribution in [0.5, 0.6) is 0 Å². The maximum Gasteiger partial charge on any atom is 0.306 e. The quantitative estimate of drug-likeness (QED) is 0.770. The van der Waals surface area contributed by atoms with Crippen molar-refractivity contribution < 1.29 is 18.7 Å². The van der Waals surface area contributed by atoms with Crippen molar-refractivity contribution in [1.82, 2.24) is 4.90 Å². The lowest BCUT2D eigenvalue weighted by molar-refractivity contribution is -0.146. The predicted molar refractivity (Wildman–Crippen MR) is 99.6 cm³/mol. The maximum absolute atomic E-state index is 14.0. The van der Waals surface area contributed by atoms with Gasteiger partial charge in [-0.05, 0) is 50.8 Å². The summed E-state index contributed by atoms with van der Waals surface area (Å²) < 4.78 is 19.0. The fourth-order valence-corrected chi connectivity index (χ4v) is 4.75. The number of fused-ring (bicyclic) bond motifs is 2. The average molecular weight is 374 g/mol. The third-order valence-electron chi connectivity index (χ3n) is 6.02. The number of halogens is 1. The van der Waals surface area contributed by atoms with Crippen LogP contribution in [0.1, 0.15) is 63.5 Å². The molecule has 1 amide bonds. The van der Waals surface area contributed by atoms with Crippen LogP contribution in [0, 0.1) is 11.7 Å². The minimum absolute atomic E-state index is 0.0154. The fraction of sp³-hybridized carbons (Fsp3) is 0.619. The summed E-state index contributed by atoms with van der Waals surface area (Å²) in [6.45, 7) is 2.08. The number of esters is 1. The Morgan fingerprint density at radius 2 is 2.04 bits per heavy atom. The molecule has 0 bridgehead atoms. The molecule has 1 heterocycles. The van der Waals surface area contributed by atoms with E-state index in [2.05, 4.69) is 5.32 Å². The zero-order valence-electron chi connectivity index (χ0n) is 15.7. The van der Waals surface area contributed by atoms with Crippen LogP contribution in [0.3, 0.4) is 0 Å². The summed E-state index contributed by atoms with van der Waals surface area (Å²) >= 11 is 0. The molecule has 3 atom stereocenters. The second-order valence-electron chi connectivity index (χ2n) is 7.86. The van der Waals surface area contributed by atoms with Crippen molar-refractivity contribution in [3.8, 4) is 0 Å². The molecule has 1 aromatic carbocycles. The van der Waals surface area contributed by atoms with Crippen LogP contribution in [0.2, 0.25) is 0 Å². The van der Waals surface area contributed by atoms with Gasteiger partial charge in [0.2, 0.25) is 5.91 Å². The van der Waals surface area contributed by atoms with Crippen LogP contribution >= 0.6 is 0 Å². The van der Waals surface area contributed by atoms with Gasteiger partial charge in [0.15, 0.2) is 0 Å². The molecule has 4 rings (SSSR count). The van der Waals surface area contributed by atoms with Crippen molar-refractivity contribution in [2.24, 2.45) is 5.92 Å². The topological polar surface area (TPSA) is 58.6 Å². The lowest BCUT2D eigenvalue weighted by Gasteiger charge is -2.43. The minimum atomic E-state index is -0.336. The second-order valence-corrected chi connectivity index (χ2v) is 7.86. The monoisotopic (exact) mass is 374 g/mol. The van der Waals surface area contributed by atoms with Crippen molar-refractivity contribution in [2.45, 2.75) is 70.0 Å². The van der Waals surface area contributed by atoms with Crippen molar-refractivity contribution in [1.29, 1.82) is 0 Å². The van der Waals surface area contributed by atoms with E-state index in [1.165, 1.54) is 6.07 Å². The SMILES string of the molecule is CCOC(=O)CCC(=O)N(C1CC1)[C@H]1c2cc(F)ccc2N[C@H]2CCC[C@H]21. The number of hydrogen-bond donors (Lipinski definition) is 1. The van der Waals surface area contributed by atoms with Gasteiger partial charge in [-0.15, -0.1) is 0 Å². The van der Waals surface area contributed by atoms with Crippen molar-refractivity contribution in [3.63, 3.8) is 0 Å². The van der Waals surface area contributed by atoms with Gasteiger partial charge < -0.3 is 15.0 Å². The van der Waals surface area contributed by atoms with E-state index in [4.69, 9.17) is 4.74 Å². The number of nitrogens with one attached hydrogen (secondary N) is 1. The molecule has 2 saturated carbocycles. The van der Waals surface area contributed by atoms with E-state index in [9.17, 15) is 14.0 Å². The number of nitrogens with zero attached hydrogens (tertiary/aromatic N) is 1. The Kier molecular flexibility index (Phi) is 5.06. The molecule has 2 aliphatic carbocycles. The Labute approximate surface area is 159 Å². The first-order valence-corrected chi connectivity index (χ1v) is 10.1. The van der Waals surface area contributed by atoms with E-state index in [0.29, 0.717) is 18.6 Å². The van der Waals surface area contributed by atoms with Crippen LogP contribution in [0.4, 0.5) is 10.1 Å². The minimum Gasteiger partial charge on any atom is -0.466 e. The zero-order chi connectivity index (χ0) is 19.0. The molecular formula is C21H27FN2O3. The van der Waals surface area contributed by atoms with Crippen molar-refractivity contribution >= 4 is 17.6 Å². The summed E-state index contributed by atoms with van der Waals surface area (Å²) in [6.07, 6.45) is 5.45. The van der Waals surface area contributed by atoms with E-state index >= 15 is 0 Å². The first-order chi connectivity index (χ1) is 13.1. The number of carbonyl (C=O) groups is 2. The smallest absolute Gasteiger partial charge is 0.306 e. The van der Waals surface area contributed by atoms with Crippen LogP contribution in [0.25, 0.3) is 0 Å². The number of amides is 1. The highest BCUT2D eigenvalue weighted by atomic mass is 19.1. The van der Waals surface area contributed by atoms with E-state index in [1.807, 2.05) is 4.90 Å². The highest BCUT2D eigenvalue weighted by molar-refractivity contribution is 5.82. The Bertz CT molecular complexity index is 734. The third kappa shape index (κ3) is 3.66. The first-order valence-electron chi connectivity index (χ1n) is 10.1. The number of benzene rings is 1. The molecule has 1 N–H and O–H groups in total. The predicted octanol–water partition coefficient (Wildman–Crippen LogP) is 3.80. The highest BCUT2D eigenvalue weighted by Gasteiger charge is 2.47. The standard InChI is InChI=1S/C21H27FN2O3/c1-2-27-20(26)11-10-19(25)24(14-7-8-14)21-15-4-3-5-17(15)23-18-9-6-13(22)12-16(18)21/h6,9,12,14-15,17,21,23H,2-5,7-8,10-11H2,1H3/t15-,17+,21-/m1/s1. The Morgan fingerprint density at radius 1 is 1.22 bits per heavy atom. The Hall–Kier alpha value is -2.11. The van der Waals surface area contributed by atoms with Gasteiger partial charge in [-0.25, -0.2) is 4.39 Å². The molecule has 0 radical (unpaired) electrons. The summed E-state index contributed by atoms with van der Waals surface area (Å²) in [4.78, 5) is 26.8. The average Bonchev–Trinajstić information content (AvgIpc) is 3.37. The van der Waals surface area contributed by atoms with E-state index in [-0.39, 0.29) is 42.6 Å². The number of ether oxygens (including phenoxy) is 1. The van der Waals surface area contributed by atoms with Crippen LogP contribution in [-0.4, -0.2) is 35.5 Å². The molecule has 1 aliphatic heterocycles. The molecule has 0 spiro atoms. The molecule has 27 heavy (non-hydrogen) atoms. The maximum atomic E-state index is 14.0. The molecule has 6 heteroatoms. The largest absolute Gasteiger partial charge is 0.466 e. The lowest BCUT2D eigenvalue weighted by Crippen LogP contribution is -2.46. The summed E-state index contributed by atoms with van der Waals surface area (Å²) in [5.74, 6) is -0.325. The summed E-state index contributed by atoms with van der Waals surface area (Å²) in [6, 6.07) is 5.27. The van der Waals surface area contributed by atoms with E-state index in [0.717, 1.165) is 43.4 Å².